The number of hydrogen-bond acceptors (Lipinski definition) is 5. The highest BCUT2D eigenvalue weighted by molar-refractivity contribution is 6.07. The maximum Gasteiger partial charge on any atom is 0.411 e. The lowest BCUT2D eigenvalue weighted by atomic mass is 9.79. The van der Waals surface area contributed by atoms with Crippen molar-refractivity contribution in [2.75, 3.05) is 19.0 Å². The molecule has 7 nitrogen and oxygen atoms in total. The average molecular weight is 346 g/mol. The molecule has 2 atom stereocenters. The number of nitrogens with zero attached hydrogens (tertiary/aromatic N) is 1. The number of ether oxygens (including phenoxy) is 2. The predicted molar refractivity (Wildman–Crippen MR) is 90.1 cm³/mol. The summed E-state index contributed by atoms with van der Waals surface area (Å²) < 4.78 is 10.3. The van der Waals surface area contributed by atoms with Gasteiger partial charge in [0.2, 0.25) is 5.91 Å². The van der Waals surface area contributed by atoms with Crippen LogP contribution in [0.15, 0.2) is 24.3 Å². The van der Waals surface area contributed by atoms with Crippen LogP contribution in [-0.2, 0) is 24.5 Å². The summed E-state index contributed by atoms with van der Waals surface area (Å²) in [6, 6.07) is 6.46. The zero-order valence-corrected chi connectivity index (χ0v) is 14.8. The van der Waals surface area contributed by atoms with Gasteiger partial charge in [0.25, 0.3) is 0 Å². The number of methoxy groups -OCH3 is 1. The number of fused-ring (bicyclic) bond motifs is 2. The molecule has 3 rings (SSSR count). The molecule has 25 heavy (non-hydrogen) atoms. The molecule has 0 radical (unpaired) electrons. The summed E-state index contributed by atoms with van der Waals surface area (Å²) >= 11 is 0. The standard InChI is InChI=1S/C18H22N2O5/c1-17(2,3)25-16(23)20-10-18(9-13(20)14(21)24-4)11-7-5-6-8-12(11)19-15(18)22/h5-8,13H,9-10H2,1-4H3,(H,19,22)/t13-,18?/m0/s1. The van der Waals surface area contributed by atoms with E-state index < -0.39 is 29.1 Å². The van der Waals surface area contributed by atoms with Gasteiger partial charge in [-0.1, -0.05) is 18.2 Å². The van der Waals surface area contributed by atoms with Crippen molar-refractivity contribution in [1.82, 2.24) is 4.90 Å². The second-order valence-electron chi connectivity index (χ2n) is 7.43. The van der Waals surface area contributed by atoms with Gasteiger partial charge in [-0.25, -0.2) is 9.59 Å². The normalized spacial score (nSPS) is 24.9. The number of esters is 1. The van der Waals surface area contributed by atoms with Crippen molar-refractivity contribution in [3.63, 3.8) is 0 Å². The van der Waals surface area contributed by atoms with E-state index in [1.807, 2.05) is 24.3 Å². The Morgan fingerprint density at radius 1 is 1.28 bits per heavy atom. The second-order valence-corrected chi connectivity index (χ2v) is 7.43. The second kappa shape index (κ2) is 5.75. The molecule has 2 heterocycles. The van der Waals surface area contributed by atoms with Crippen molar-refractivity contribution in [2.45, 2.75) is 44.2 Å². The minimum atomic E-state index is -0.966. The number of para-hydroxylation sites is 1. The molecule has 1 unspecified atom stereocenters. The highest BCUT2D eigenvalue weighted by atomic mass is 16.6. The fourth-order valence-electron chi connectivity index (χ4n) is 3.50. The number of carbonyl (C=O) groups excluding carboxylic acids is 3. The summed E-state index contributed by atoms with van der Waals surface area (Å²) in [5, 5.41) is 2.85. The van der Waals surface area contributed by atoms with Gasteiger partial charge >= 0.3 is 12.1 Å². The van der Waals surface area contributed by atoms with Gasteiger partial charge in [0.05, 0.1) is 12.5 Å². The van der Waals surface area contributed by atoms with E-state index in [0.717, 1.165) is 5.56 Å². The molecule has 1 spiro atoms. The number of carbonyl (C=O) groups is 3. The molecule has 2 aliphatic heterocycles. The van der Waals surface area contributed by atoms with Gasteiger partial charge in [-0.2, -0.15) is 0 Å². The first kappa shape index (κ1) is 17.3. The zero-order chi connectivity index (χ0) is 18.4. The van der Waals surface area contributed by atoms with E-state index in [2.05, 4.69) is 5.32 Å². The first-order valence-electron chi connectivity index (χ1n) is 8.16. The molecule has 2 amide bonds. The van der Waals surface area contributed by atoms with Crippen LogP contribution in [0, 0.1) is 0 Å². The Kier molecular flexibility index (Phi) is 3.97. The Bertz CT molecular complexity index is 739. The van der Waals surface area contributed by atoms with E-state index in [1.165, 1.54) is 12.0 Å². The molecule has 0 aliphatic carbocycles. The molecule has 0 aromatic heterocycles. The zero-order valence-electron chi connectivity index (χ0n) is 14.8. The van der Waals surface area contributed by atoms with Crippen molar-refractivity contribution >= 4 is 23.7 Å². The van der Waals surface area contributed by atoms with Crippen LogP contribution < -0.4 is 5.32 Å². The van der Waals surface area contributed by atoms with E-state index in [-0.39, 0.29) is 18.9 Å². The predicted octanol–water partition coefficient (Wildman–Crippen LogP) is 2.06. The molecular formula is C18H22N2O5. The fourth-order valence-corrected chi connectivity index (χ4v) is 3.50. The van der Waals surface area contributed by atoms with Crippen molar-refractivity contribution in [1.29, 1.82) is 0 Å². The highest BCUT2D eigenvalue weighted by Gasteiger charge is 2.58. The van der Waals surface area contributed by atoms with Crippen LogP contribution in [0.25, 0.3) is 0 Å². The largest absolute Gasteiger partial charge is 0.467 e. The van der Waals surface area contributed by atoms with Crippen molar-refractivity contribution in [3.8, 4) is 0 Å². The lowest BCUT2D eigenvalue weighted by Crippen LogP contribution is -2.44. The molecule has 134 valence electrons. The smallest absolute Gasteiger partial charge is 0.411 e. The molecule has 0 bridgehead atoms. The van der Waals surface area contributed by atoms with Crippen LogP contribution in [0.1, 0.15) is 32.8 Å². The Morgan fingerprint density at radius 3 is 2.60 bits per heavy atom. The number of anilines is 1. The third-order valence-electron chi connectivity index (χ3n) is 4.59. The number of benzene rings is 1. The van der Waals surface area contributed by atoms with Crippen LogP contribution in [0.2, 0.25) is 0 Å². The SMILES string of the molecule is COC(=O)[C@@H]1CC2(CN1C(=O)OC(C)(C)C)C(=O)Nc1ccccc12. The van der Waals surface area contributed by atoms with Gasteiger partial charge in [0.1, 0.15) is 11.6 Å². The minimum absolute atomic E-state index is 0.0739. The Balaban J connectivity index is 1.99. The molecule has 1 saturated heterocycles. The number of likely N-dealkylation sites (tertiary alicyclic amines) is 1. The van der Waals surface area contributed by atoms with E-state index in [9.17, 15) is 14.4 Å². The van der Waals surface area contributed by atoms with Crippen LogP contribution >= 0.6 is 0 Å². The van der Waals surface area contributed by atoms with Crippen molar-refractivity contribution in [2.24, 2.45) is 0 Å². The van der Waals surface area contributed by atoms with Gasteiger partial charge in [0, 0.05) is 12.2 Å². The Morgan fingerprint density at radius 2 is 1.96 bits per heavy atom. The summed E-state index contributed by atoms with van der Waals surface area (Å²) in [4.78, 5) is 38.9. The summed E-state index contributed by atoms with van der Waals surface area (Å²) in [6.45, 7) is 5.33. The monoisotopic (exact) mass is 346 g/mol. The lowest BCUT2D eigenvalue weighted by Gasteiger charge is -2.27. The number of hydrogen-bond donors (Lipinski definition) is 1. The average Bonchev–Trinajstić information content (AvgIpc) is 3.06. The van der Waals surface area contributed by atoms with Gasteiger partial charge in [-0.15, -0.1) is 0 Å². The van der Waals surface area contributed by atoms with Crippen LogP contribution in [0.4, 0.5) is 10.5 Å². The van der Waals surface area contributed by atoms with Crippen LogP contribution in [0.5, 0.6) is 0 Å². The minimum Gasteiger partial charge on any atom is -0.467 e. The topological polar surface area (TPSA) is 84.9 Å². The lowest BCUT2D eigenvalue weighted by molar-refractivity contribution is -0.145. The quantitative estimate of drug-likeness (QED) is 0.787. The van der Waals surface area contributed by atoms with E-state index in [0.29, 0.717) is 5.69 Å². The molecule has 1 N–H and O–H groups in total. The molecule has 7 heteroatoms. The molecule has 2 aliphatic rings. The molecular weight excluding hydrogens is 324 g/mol. The molecule has 1 fully saturated rings. The van der Waals surface area contributed by atoms with Gasteiger partial charge in [-0.05, 0) is 38.8 Å². The first-order valence-corrected chi connectivity index (χ1v) is 8.16. The third kappa shape index (κ3) is 2.83. The number of amides is 2. The maximum absolute atomic E-state index is 12.7. The van der Waals surface area contributed by atoms with Crippen LogP contribution in [0.3, 0.4) is 0 Å². The first-order chi connectivity index (χ1) is 11.7. The van der Waals surface area contributed by atoms with Crippen molar-refractivity contribution in [3.05, 3.63) is 29.8 Å². The number of nitrogens with one attached hydrogen (secondary N) is 1. The molecule has 1 aromatic rings. The van der Waals surface area contributed by atoms with Gasteiger partial charge < -0.3 is 14.8 Å². The fraction of sp³-hybridized carbons (Fsp3) is 0.500. The van der Waals surface area contributed by atoms with E-state index in [1.54, 1.807) is 20.8 Å². The summed E-state index contributed by atoms with van der Waals surface area (Å²) in [5.74, 6) is -0.770. The van der Waals surface area contributed by atoms with Gasteiger partial charge in [-0.3, -0.25) is 9.69 Å². The summed E-state index contributed by atoms with van der Waals surface area (Å²) in [6.07, 6.45) is -0.459. The molecule has 0 saturated carbocycles. The third-order valence-corrected chi connectivity index (χ3v) is 4.59. The highest BCUT2D eigenvalue weighted by Crippen LogP contribution is 2.46. The van der Waals surface area contributed by atoms with E-state index in [4.69, 9.17) is 9.47 Å². The number of rotatable bonds is 1. The maximum atomic E-state index is 12.7. The summed E-state index contributed by atoms with van der Waals surface area (Å²) in [7, 11) is 1.27. The Hall–Kier alpha value is -2.57. The van der Waals surface area contributed by atoms with Crippen molar-refractivity contribution < 1.29 is 23.9 Å². The summed E-state index contributed by atoms with van der Waals surface area (Å²) in [5.41, 5.74) is -0.169. The molecule has 1 aromatic carbocycles. The Labute approximate surface area is 146 Å². The van der Waals surface area contributed by atoms with Gasteiger partial charge in [0.15, 0.2) is 0 Å². The van der Waals surface area contributed by atoms with E-state index >= 15 is 0 Å². The van der Waals surface area contributed by atoms with Crippen LogP contribution in [-0.4, -0.2) is 48.2 Å².